The van der Waals surface area contributed by atoms with E-state index >= 15 is 0 Å². The van der Waals surface area contributed by atoms with E-state index in [1.165, 1.54) is 0 Å². The highest BCUT2D eigenvalue weighted by Gasteiger charge is 2.38. The third kappa shape index (κ3) is 1.53. The summed E-state index contributed by atoms with van der Waals surface area (Å²) in [5, 5.41) is 3.18. The summed E-state index contributed by atoms with van der Waals surface area (Å²) < 4.78 is 0. The first kappa shape index (κ1) is 8.53. The van der Waals surface area contributed by atoms with Crippen LogP contribution in [0.3, 0.4) is 0 Å². The number of hydrogen-bond acceptors (Lipinski definition) is 2. The minimum atomic E-state index is -0.366. The molecule has 0 heterocycles. The van der Waals surface area contributed by atoms with Gasteiger partial charge in [0.2, 0.25) is 5.91 Å². The van der Waals surface area contributed by atoms with Crippen LogP contribution in [0.2, 0.25) is 0 Å². The van der Waals surface area contributed by atoms with E-state index in [0.29, 0.717) is 0 Å². The molecule has 0 bridgehead atoms. The number of primary amides is 1. The zero-order valence-corrected chi connectivity index (χ0v) is 7.02. The molecule has 0 aliphatic heterocycles. The van der Waals surface area contributed by atoms with Gasteiger partial charge < -0.3 is 11.1 Å². The van der Waals surface area contributed by atoms with Gasteiger partial charge in [0.05, 0.1) is 5.54 Å². The average Bonchev–Trinajstić information content (AvgIpc) is 2.38. The second kappa shape index (κ2) is 3.22. The fourth-order valence-corrected chi connectivity index (χ4v) is 1.83. The van der Waals surface area contributed by atoms with Crippen LogP contribution in [0.15, 0.2) is 0 Å². The third-order valence-corrected chi connectivity index (χ3v) is 2.44. The van der Waals surface area contributed by atoms with E-state index in [9.17, 15) is 4.79 Å². The van der Waals surface area contributed by atoms with E-state index in [2.05, 4.69) is 5.32 Å². The zero-order chi connectivity index (χ0) is 8.32. The fraction of sp³-hybridized carbons (Fsp3) is 0.875. The Hall–Kier alpha value is -0.570. The maximum Gasteiger partial charge on any atom is 0.237 e. The van der Waals surface area contributed by atoms with E-state index in [4.69, 9.17) is 5.73 Å². The largest absolute Gasteiger partial charge is 0.368 e. The third-order valence-electron chi connectivity index (χ3n) is 2.44. The van der Waals surface area contributed by atoms with Crippen LogP contribution in [-0.2, 0) is 4.79 Å². The Balaban J connectivity index is 2.62. The van der Waals surface area contributed by atoms with E-state index in [0.717, 1.165) is 32.2 Å². The molecule has 0 aromatic rings. The summed E-state index contributed by atoms with van der Waals surface area (Å²) in [6.07, 6.45) is 4.07. The molecule has 0 aromatic carbocycles. The smallest absolute Gasteiger partial charge is 0.237 e. The van der Waals surface area contributed by atoms with Crippen LogP contribution in [0.1, 0.15) is 32.6 Å². The van der Waals surface area contributed by atoms with Crippen molar-refractivity contribution < 1.29 is 4.79 Å². The summed E-state index contributed by atoms with van der Waals surface area (Å²) in [5.74, 6) is -0.183. The minimum absolute atomic E-state index is 0.183. The molecule has 0 spiro atoms. The predicted octanol–water partition coefficient (Wildman–Crippen LogP) is 0.394. The highest BCUT2D eigenvalue weighted by atomic mass is 16.1. The zero-order valence-electron chi connectivity index (χ0n) is 7.02. The molecule has 3 nitrogen and oxygen atoms in total. The quantitative estimate of drug-likeness (QED) is 0.621. The van der Waals surface area contributed by atoms with Gasteiger partial charge in [-0.1, -0.05) is 19.8 Å². The summed E-state index contributed by atoms with van der Waals surface area (Å²) in [4.78, 5) is 11.1. The van der Waals surface area contributed by atoms with Crippen LogP contribution in [0.25, 0.3) is 0 Å². The van der Waals surface area contributed by atoms with Crippen molar-refractivity contribution in [2.45, 2.75) is 38.1 Å². The molecule has 1 aliphatic rings. The van der Waals surface area contributed by atoms with Gasteiger partial charge in [-0.3, -0.25) is 4.79 Å². The molecule has 1 saturated carbocycles. The predicted molar refractivity (Wildman–Crippen MR) is 44.1 cm³/mol. The topological polar surface area (TPSA) is 55.1 Å². The van der Waals surface area contributed by atoms with Crippen molar-refractivity contribution in [2.75, 3.05) is 6.54 Å². The van der Waals surface area contributed by atoms with E-state index in [1.54, 1.807) is 0 Å². The SMILES string of the molecule is CCNC1(C(N)=O)CCCC1. The summed E-state index contributed by atoms with van der Waals surface area (Å²) >= 11 is 0. The molecule has 11 heavy (non-hydrogen) atoms. The lowest BCUT2D eigenvalue weighted by molar-refractivity contribution is -0.124. The van der Waals surface area contributed by atoms with Crippen LogP contribution in [0.4, 0.5) is 0 Å². The molecular formula is C8H16N2O. The molecule has 0 atom stereocenters. The standard InChI is InChI=1S/C8H16N2O/c1-2-10-8(7(9)11)5-3-4-6-8/h10H,2-6H2,1H3,(H2,9,11). The van der Waals surface area contributed by atoms with Gasteiger partial charge in [-0.15, -0.1) is 0 Å². The molecule has 64 valence electrons. The van der Waals surface area contributed by atoms with Gasteiger partial charge >= 0.3 is 0 Å². The summed E-state index contributed by atoms with van der Waals surface area (Å²) in [5.41, 5.74) is 4.95. The molecule has 0 radical (unpaired) electrons. The highest BCUT2D eigenvalue weighted by molar-refractivity contribution is 5.84. The van der Waals surface area contributed by atoms with Gasteiger partial charge in [0.15, 0.2) is 0 Å². The van der Waals surface area contributed by atoms with Crippen molar-refractivity contribution in [1.82, 2.24) is 5.32 Å². The van der Waals surface area contributed by atoms with Gasteiger partial charge in [0, 0.05) is 0 Å². The van der Waals surface area contributed by atoms with Gasteiger partial charge in [0.1, 0.15) is 0 Å². The first-order chi connectivity index (χ1) is 5.21. The van der Waals surface area contributed by atoms with Crippen LogP contribution in [-0.4, -0.2) is 18.0 Å². The van der Waals surface area contributed by atoms with Gasteiger partial charge in [0.25, 0.3) is 0 Å². The molecule has 1 fully saturated rings. The molecule has 1 aliphatic carbocycles. The second-order valence-corrected chi connectivity index (χ2v) is 3.18. The Morgan fingerprint density at radius 3 is 2.45 bits per heavy atom. The van der Waals surface area contributed by atoms with Crippen LogP contribution < -0.4 is 11.1 Å². The molecule has 0 aromatic heterocycles. The molecule has 1 rings (SSSR count). The van der Waals surface area contributed by atoms with Crippen molar-refractivity contribution in [3.63, 3.8) is 0 Å². The summed E-state index contributed by atoms with van der Waals surface area (Å²) in [7, 11) is 0. The van der Waals surface area contributed by atoms with E-state index in [1.807, 2.05) is 6.92 Å². The van der Waals surface area contributed by atoms with Crippen molar-refractivity contribution in [1.29, 1.82) is 0 Å². The maximum atomic E-state index is 11.1. The second-order valence-electron chi connectivity index (χ2n) is 3.18. The van der Waals surface area contributed by atoms with E-state index < -0.39 is 0 Å². The molecule has 3 heteroatoms. The first-order valence-corrected chi connectivity index (χ1v) is 4.26. The van der Waals surface area contributed by atoms with Crippen LogP contribution >= 0.6 is 0 Å². The van der Waals surface area contributed by atoms with Gasteiger partial charge in [-0.05, 0) is 19.4 Å². The normalized spacial score (nSPS) is 21.9. The van der Waals surface area contributed by atoms with Crippen molar-refractivity contribution in [2.24, 2.45) is 5.73 Å². The Kier molecular flexibility index (Phi) is 2.49. The molecule has 0 saturated heterocycles. The Morgan fingerprint density at radius 1 is 1.55 bits per heavy atom. The maximum absolute atomic E-state index is 11.1. The number of nitrogens with one attached hydrogen (secondary N) is 1. The average molecular weight is 156 g/mol. The molecule has 1 amide bonds. The number of likely N-dealkylation sites (N-methyl/N-ethyl adjacent to an activating group) is 1. The monoisotopic (exact) mass is 156 g/mol. The van der Waals surface area contributed by atoms with Crippen molar-refractivity contribution in [3.05, 3.63) is 0 Å². The van der Waals surface area contributed by atoms with Crippen molar-refractivity contribution in [3.8, 4) is 0 Å². The summed E-state index contributed by atoms with van der Waals surface area (Å²) in [6, 6.07) is 0. The number of rotatable bonds is 3. The number of nitrogens with two attached hydrogens (primary N) is 1. The Labute approximate surface area is 67.3 Å². The van der Waals surface area contributed by atoms with Crippen LogP contribution in [0.5, 0.6) is 0 Å². The number of hydrogen-bond donors (Lipinski definition) is 2. The summed E-state index contributed by atoms with van der Waals surface area (Å²) in [6.45, 7) is 2.83. The first-order valence-electron chi connectivity index (χ1n) is 4.26. The highest BCUT2D eigenvalue weighted by Crippen LogP contribution is 2.28. The number of carbonyl (C=O) groups is 1. The van der Waals surface area contributed by atoms with Crippen molar-refractivity contribution >= 4 is 5.91 Å². The number of carbonyl (C=O) groups excluding carboxylic acids is 1. The minimum Gasteiger partial charge on any atom is -0.368 e. The van der Waals surface area contributed by atoms with Gasteiger partial charge in [-0.25, -0.2) is 0 Å². The molecule has 0 unspecified atom stereocenters. The lowest BCUT2D eigenvalue weighted by atomic mass is 9.97. The van der Waals surface area contributed by atoms with E-state index in [-0.39, 0.29) is 11.4 Å². The van der Waals surface area contributed by atoms with Crippen LogP contribution in [0, 0.1) is 0 Å². The Morgan fingerprint density at radius 2 is 2.09 bits per heavy atom. The molecular weight excluding hydrogens is 140 g/mol. The lowest BCUT2D eigenvalue weighted by Crippen LogP contribution is -2.53. The number of amides is 1. The van der Waals surface area contributed by atoms with Gasteiger partial charge in [-0.2, -0.15) is 0 Å². The lowest BCUT2D eigenvalue weighted by Gasteiger charge is -2.25. The Bertz CT molecular complexity index is 150. The molecule has 3 N–H and O–H groups in total. The fourth-order valence-electron chi connectivity index (χ4n) is 1.83.